The summed E-state index contributed by atoms with van der Waals surface area (Å²) in [7, 11) is 0. The number of nitrogens with one attached hydrogen (secondary N) is 1. The Labute approximate surface area is 104 Å². The molecule has 90 valence electrons. The average Bonchev–Trinajstić information content (AvgIpc) is 2.32. The largest absolute Gasteiger partial charge is 0.494 e. The molecule has 1 N–H and O–H groups in total. The first-order valence-corrected chi connectivity index (χ1v) is 5.84. The number of hydrogen-bond acceptors (Lipinski definition) is 2. The van der Waals surface area contributed by atoms with E-state index in [4.69, 9.17) is 4.74 Å². The van der Waals surface area contributed by atoms with Crippen molar-refractivity contribution in [1.29, 1.82) is 0 Å². The van der Waals surface area contributed by atoms with Crippen LogP contribution >= 0.6 is 12.4 Å². The highest BCUT2D eigenvalue weighted by Gasteiger charge is 2.12. The molecule has 1 saturated heterocycles. The Hall–Kier alpha value is -0.730. The molecule has 1 heterocycles. The van der Waals surface area contributed by atoms with Crippen molar-refractivity contribution in [2.24, 2.45) is 5.92 Å². The number of halogens is 1. The van der Waals surface area contributed by atoms with E-state index in [0.29, 0.717) is 0 Å². The van der Waals surface area contributed by atoms with Gasteiger partial charge in [-0.2, -0.15) is 0 Å². The Balaban J connectivity index is 0.00000128. The van der Waals surface area contributed by atoms with Crippen LogP contribution in [-0.2, 0) is 0 Å². The van der Waals surface area contributed by atoms with E-state index in [-0.39, 0.29) is 12.4 Å². The van der Waals surface area contributed by atoms with Gasteiger partial charge in [0.2, 0.25) is 0 Å². The number of para-hydroxylation sites is 1. The summed E-state index contributed by atoms with van der Waals surface area (Å²) in [4.78, 5) is 0. The van der Waals surface area contributed by atoms with Gasteiger partial charge in [0.15, 0.2) is 0 Å². The lowest BCUT2D eigenvalue weighted by molar-refractivity contribution is 0.254. The summed E-state index contributed by atoms with van der Waals surface area (Å²) in [5.74, 6) is 1.80. The lowest BCUT2D eigenvalue weighted by Gasteiger charge is -2.22. The molecule has 16 heavy (non-hydrogen) atoms. The standard InChI is InChI=1S/C13H19NO.ClH/c1-2-6-13(7-3-1)15-10-8-12-5-4-9-14-11-12;/h1-3,6-7,12,14H,4-5,8-11H2;1H. The van der Waals surface area contributed by atoms with E-state index >= 15 is 0 Å². The second kappa shape index (κ2) is 7.53. The van der Waals surface area contributed by atoms with Gasteiger partial charge in [0.25, 0.3) is 0 Å². The Morgan fingerprint density at radius 3 is 2.75 bits per heavy atom. The summed E-state index contributed by atoms with van der Waals surface area (Å²) in [5.41, 5.74) is 0. The summed E-state index contributed by atoms with van der Waals surface area (Å²) < 4.78 is 5.68. The van der Waals surface area contributed by atoms with Crippen LogP contribution < -0.4 is 10.1 Å². The molecular formula is C13H20ClNO. The van der Waals surface area contributed by atoms with E-state index in [1.54, 1.807) is 0 Å². The molecule has 2 nitrogen and oxygen atoms in total. The predicted octanol–water partition coefficient (Wildman–Crippen LogP) is 2.88. The third kappa shape index (κ3) is 4.42. The maximum absolute atomic E-state index is 5.68. The number of hydrogen-bond donors (Lipinski definition) is 1. The number of rotatable bonds is 4. The predicted molar refractivity (Wildman–Crippen MR) is 69.4 cm³/mol. The summed E-state index contributed by atoms with van der Waals surface area (Å²) in [5, 5.41) is 3.43. The SMILES string of the molecule is Cl.c1ccc(OCCC2CCCNC2)cc1. The van der Waals surface area contributed by atoms with E-state index in [9.17, 15) is 0 Å². The maximum atomic E-state index is 5.68. The molecule has 0 bridgehead atoms. The maximum Gasteiger partial charge on any atom is 0.119 e. The minimum absolute atomic E-state index is 0. The molecule has 1 fully saturated rings. The van der Waals surface area contributed by atoms with Gasteiger partial charge in [0.05, 0.1) is 6.61 Å². The normalized spacial score (nSPS) is 19.9. The molecule has 3 heteroatoms. The highest BCUT2D eigenvalue weighted by molar-refractivity contribution is 5.85. The molecule has 0 spiro atoms. The molecule has 2 rings (SSSR count). The molecule has 0 aliphatic carbocycles. The van der Waals surface area contributed by atoms with Crippen LogP contribution in [0.1, 0.15) is 19.3 Å². The number of piperidine rings is 1. The zero-order chi connectivity index (χ0) is 10.3. The first-order chi connectivity index (χ1) is 7.45. The average molecular weight is 242 g/mol. The van der Waals surface area contributed by atoms with Crippen LogP contribution in [0, 0.1) is 5.92 Å². The van der Waals surface area contributed by atoms with Gasteiger partial charge >= 0.3 is 0 Å². The molecule has 1 unspecified atom stereocenters. The molecule has 1 aromatic carbocycles. The van der Waals surface area contributed by atoms with E-state index in [2.05, 4.69) is 5.32 Å². The monoisotopic (exact) mass is 241 g/mol. The Morgan fingerprint density at radius 1 is 1.25 bits per heavy atom. The van der Waals surface area contributed by atoms with Gasteiger partial charge < -0.3 is 10.1 Å². The molecule has 0 radical (unpaired) electrons. The van der Waals surface area contributed by atoms with Crippen molar-refractivity contribution in [1.82, 2.24) is 5.32 Å². The van der Waals surface area contributed by atoms with E-state index < -0.39 is 0 Å². The molecule has 0 saturated carbocycles. The van der Waals surface area contributed by atoms with Crippen molar-refractivity contribution < 1.29 is 4.74 Å². The Bertz CT molecular complexity index is 273. The third-order valence-corrected chi connectivity index (χ3v) is 2.94. The highest BCUT2D eigenvalue weighted by Crippen LogP contribution is 2.15. The van der Waals surface area contributed by atoms with Crippen molar-refractivity contribution in [2.75, 3.05) is 19.7 Å². The Morgan fingerprint density at radius 2 is 2.06 bits per heavy atom. The van der Waals surface area contributed by atoms with Crippen LogP contribution in [0.2, 0.25) is 0 Å². The van der Waals surface area contributed by atoms with Gasteiger partial charge in [-0.15, -0.1) is 12.4 Å². The summed E-state index contributed by atoms with van der Waals surface area (Å²) in [6, 6.07) is 10.1. The van der Waals surface area contributed by atoms with Crippen LogP contribution in [0.4, 0.5) is 0 Å². The minimum Gasteiger partial charge on any atom is -0.494 e. The fraction of sp³-hybridized carbons (Fsp3) is 0.538. The third-order valence-electron chi connectivity index (χ3n) is 2.94. The smallest absolute Gasteiger partial charge is 0.119 e. The highest BCUT2D eigenvalue weighted by atomic mass is 35.5. The Kier molecular flexibility index (Phi) is 6.27. The second-order valence-corrected chi connectivity index (χ2v) is 4.16. The molecule has 0 amide bonds. The summed E-state index contributed by atoms with van der Waals surface area (Å²) in [6.07, 6.45) is 3.84. The molecular weight excluding hydrogens is 222 g/mol. The van der Waals surface area contributed by atoms with Crippen LogP contribution in [0.25, 0.3) is 0 Å². The lowest BCUT2D eigenvalue weighted by atomic mass is 9.97. The minimum atomic E-state index is 0. The summed E-state index contributed by atoms with van der Waals surface area (Å²) >= 11 is 0. The van der Waals surface area contributed by atoms with Crippen molar-refractivity contribution in [3.05, 3.63) is 30.3 Å². The number of benzene rings is 1. The van der Waals surface area contributed by atoms with Gasteiger partial charge in [-0.3, -0.25) is 0 Å². The fourth-order valence-corrected chi connectivity index (χ4v) is 2.03. The van der Waals surface area contributed by atoms with E-state index in [1.165, 1.54) is 25.8 Å². The first kappa shape index (κ1) is 13.3. The topological polar surface area (TPSA) is 21.3 Å². The van der Waals surface area contributed by atoms with Gasteiger partial charge in [0, 0.05) is 0 Å². The van der Waals surface area contributed by atoms with Crippen molar-refractivity contribution in [3.8, 4) is 5.75 Å². The second-order valence-electron chi connectivity index (χ2n) is 4.16. The van der Waals surface area contributed by atoms with Crippen LogP contribution in [0.5, 0.6) is 5.75 Å². The quantitative estimate of drug-likeness (QED) is 0.875. The van der Waals surface area contributed by atoms with Gasteiger partial charge in [0.1, 0.15) is 5.75 Å². The van der Waals surface area contributed by atoms with Crippen molar-refractivity contribution >= 4 is 12.4 Å². The molecule has 1 atom stereocenters. The summed E-state index contributed by atoms with van der Waals surface area (Å²) in [6.45, 7) is 3.20. The van der Waals surface area contributed by atoms with Gasteiger partial charge in [-0.1, -0.05) is 18.2 Å². The lowest BCUT2D eigenvalue weighted by Crippen LogP contribution is -2.30. The van der Waals surface area contributed by atoms with Crippen LogP contribution in [0.15, 0.2) is 30.3 Å². The molecule has 1 aliphatic heterocycles. The van der Waals surface area contributed by atoms with E-state index in [0.717, 1.165) is 24.8 Å². The van der Waals surface area contributed by atoms with E-state index in [1.807, 2.05) is 30.3 Å². The van der Waals surface area contributed by atoms with Crippen LogP contribution in [0.3, 0.4) is 0 Å². The van der Waals surface area contributed by atoms with Gasteiger partial charge in [-0.25, -0.2) is 0 Å². The molecule has 1 aliphatic rings. The number of ether oxygens (including phenoxy) is 1. The van der Waals surface area contributed by atoms with Crippen molar-refractivity contribution in [3.63, 3.8) is 0 Å². The van der Waals surface area contributed by atoms with Gasteiger partial charge in [-0.05, 0) is 50.4 Å². The van der Waals surface area contributed by atoms with Crippen molar-refractivity contribution in [2.45, 2.75) is 19.3 Å². The molecule has 0 aromatic heterocycles. The van der Waals surface area contributed by atoms with Crippen LogP contribution in [-0.4, -0.2) is 19.7 Å². The zero-order valence-corrected chi connectivity index (χ0v) is 10.3. The first-order valence-electron chi connectivity index (χ1n) is 5.84. The fourth-order valence-electron chi connectivity index (χ4n) is 2.03. The molecule has 1 aromatic rings. The zero-order valence-electron chi connectivity index (χ0n) is 9.52.